The van der Waals surface area contributed by atoms with Crippen LogP contribution >= 0.6 is 0 Å². The lowest BCUT2D eigenvalue weighted by Gasteiger charge is -2.25. The predicted molar refractivity (Wildman–Crippen MR) is 89.8 cm³/mol. The van der Waals surface area contributed by atoms with Gasteiger partial charge in [-0.05, 0) is 25.0 Å². The molecule has 4 rings (SSSR count). The Labute approximate surface area is 144 Å². The van der Waals surface area contributed by atoms with Gasteiger partial charge >= 0.3 is 0 Å². The normalized spacial score (nSPS) is 18.6. The highest BCUT2D eigenvalue weighted by Crippen LogP contribution is 2.38. The van der Waals surface area contributed by atoms with Gasteiger partial charge in [0.2, 0.25) is 6.10 Å². The van der Waals surface area contributed by atoms with Crippen LogP contribution in [0.3, 0.4) is 0 Å². The van der Waals surface area contributed by atoms with Gasteiger partial charge in [-0.25, -0.2) is 4.98 Å². The SMILES string of the molecule is O=C(NCCn1cnc(C2CC2)cc1=O)[C@@H]1COc2ccccc2O1. The lowest BCUT2D eigenvalue weighted by atomic mass is 10.2. The van der Waals surface area contributed by atoms with Gasteiger partial charge in [0.1, 0.15) is 6.61 Å². The molecule has 2 aromatic rings. The molecule has 25 heavy (non-hydrogen) atoms. The summed E-state index contributed by atoms with van der Waals surface area (Å²) in [7, 11) is 0. The van der Waals surface area contributed by atoms with Crippen LogP contribution in [-0.4, -0.2) is 34.7 Å². The summed E-state index contributed by atoms with van der Waals surface area (Å²) in [5, 5.41) is 2.78. The molecular weight excluding hydrogens is 322 g/mol. The number of rotatable bonds is 5. The Bertz CT molecular complexity index is 844. The Hall–Kier alpha value is -2.83. The van der Waals surface area contributed by atoms with Crippen LogP contribution in [0.25, 0.3) is 0 Å². The first-order valence-electron chi connectivity index (χ1n) is 8.43. The zero-order chi connectivity index (χ0) is 17.2. The summed E-state index contributed by atoms with van der Waals surface area (Å²) in [6.07, 6.45) is 3.08. The quantitative estimate of drug-likeness (QED) is 0.880. The molecule has 1 amide bonds. The minimum absolute atomic E-state index is 0.0858. The maximum absolute atomic E-state index is 12.2. The average Bonchev–Trinajstić information content (AvgIpc) is 3.47. The maximum atomic E-state index is 12.2. The molecule has 0 saturated heterocycles. The van der Waals surface area contributed by atoms with E-state index in [9.17, 15) is 9.59 Å². The van der Waals surface area contributed by atoms with Crippen molar-refractivity contribution in [1.82, 2.24) is 14.9 Å². The van der Waals surface area contributed by atoms with E-state index in [1.54, 1.807) is 24.5 Å². The van der Waals surface area contributed by atoms with E-state index in [1.165, 1.54) is 4.57 Å². The number of aromatic nitrogens is 2. The van der Waals surface area contributed by atoms with Crippen molar-refractivity contribution in [1.29, 1.82) is 0 Å². The highest BCUT2D eigenvalue weighted by Gasteiger charge is 2.27. The third kappa shape index (κ3) is 3.50. The molecule has 0 bridgehead atoms. The van der Waals surface area contributed by atoms with Gasteiger partial charge in [0, 0.05) is 25.1 Å². The van der Waals surface area contributed by atoms with Crippen molar-refractivity contribution in [2.45, 2.75) is 31.4 Å². The van der Waals surface area contributed by atoms with E-state index in [1.807, 2.05) is 12.1 Å². The van der Waals surface area contributed by atoms with Gasteiger partial charge < -0.3 is 14.8 Å². The number of ether oxygens (including phenoxy) is 2. The van der Waals surface area contributed by atoms with Crippen LogP contribution < -0.4 is 20.3 Å². The number of nitrogens with one attached hydrogen (secondary N) is 1. The molecule has 1 saturated carbocycles. The van der Waals surface area contributed by atoms with Gasteiger partial charge in [0.05, 0.1) is 12.0 Å². The number of carbonyl (C=O) groups excluding carboxylic acids is 1. The van der Waals surface area contributed by atoms with Crippen molar-refractivity contribution in [2.75, 3.05) is 13.2 Å². The standard InChI is InChI=1S/C18H19N3O4/c22-17-9-13(12-5-6-12)20-11-21(17)8-7-19-18(23)16-10-24-14-3-1-2-4-15(14)25-16/h1-4,9,11-12,16H,5-8,10H2,(H,19,23)/t16-/m0/s1. The predicted octanol–water partition coefficient (Wildman–Crippen LogP) is 1.08. The zero-order valence-corrected chi connectivity index (χ0v) is 13.7. The summed E-state index contributed by atoms with van der Waals surface area (Å²) in [6, 6.07) is 8.83. The molecule has 0 spiro atoms. The molecule has 0 radical (unpaired) electrons. The van der Waals surface area contributed by atoms with Crippen molar-refractivity contribution in [3.63, 3.8) is 0 Å². The number of amides is 1. The molecule has 1 aliphatic heterocycles. The minimum Gasteiger partial charge on any atom is -0.485 e. The molecule has 1 aliphatic carbocycles. The fourth-order valence-corrected chi connectivity index (χ4v) is 2.77. The summed E-state index contributed by atoms with van der Waals surface area (Å²) in [6.45, 7) is 0.859. The van der Waals surface area contributed by atoms with Crippen molar-refractivity contribution in [3.8, 4) is 11.5 Å². The second kappa shape index (κ2) is 6.58. The lowest BCUT2D eigenvalue weighted by Crippen LogP contribution is -2.45. The van der Waals surface area contributed by atoms with E-state index in [4.69, 9.17) is 9.47 Å². The first kappa shape index (κ1) is 15.7. The fourth-order valence-electron chi connectivity index (χ4n) is 2.77. The van der Waals surface area contributed by atoms with Crippen LogP contribution in [-0.2, 0) is 11.3 Å². The highest BCUT2D eigenvalue weighted by molar-refractivity contribution is 5.81. The van der Waals surface area contributed by atoms with Crippen molar-refractivity contribution >= 4 is 5.91 Å². The van der Waals surface area contributed by atoms with Gasteiger partial charge in [-0.15, -0.1) is 0 Å². The number of hydrogen-bond acceptors (Lipinski definition) is 5. The number of carbonyl (C=O) groups is 1. The van der Waals surface area contributed by atoms with Crippen LogP contribution in [0.15, 0.2) is 41.5 Å². The summed E-state index contributed by atoms with van der Waals surface area (Å²) in [4.78, 5) is 28.6. The number of para-hydroxylation sites is 2. The average molecular weight is 341 g/mol. The van der Waals surface area contributed by atoms with Gasteiger partial charge in [-0.1, -0.05) is 12.1 Å². The van der Waals surface area contributed by atoms with E-state index in [2.05, 4.69) is 10.3 Å². The van der Waals surface area contributed by atoms with E-state index >= 15 is 0 Å². The van der Waals surface area contributed by atoms with Crippen LogP contribution in [0.1, 0.15) is 24.5 Å². The summed E-state index contributed by atoms with van der Waals surface area (Å²) in [5.41, 5.74) is 0.786. The Morgan fingerprint density at radius 2 is 2.08 bits per heavy atom. The summed E-state index contributed by atoms with van der Waals surface area (Å²) < 4.78 is 12.7. The zero-order valence-electron chi connectivity index (χ0n) is 13.7. The van der Waals surface area contributed by atoms with Crippen molar-refractivity contribution in [3.05, 3.63) is 52.7 Å². The molecule has 1 atom stereocenters. The number of fused-ring (bicyclic) bond motifs is 1. The monoisotopic (exact) mass is 341 g/mol. The molecule has 1 aromatic heterocycles. The van der Waals surface area contributed by atoms with E-state index in [0.717, 1.165) is 18.5 Å². The topological polar surface area (TPSA) is 82.5 Å². The van der Waals surface area contributed by atoms with Crippen molar-refractivity contribution < 1.29 is 14.3 Å². The lowest BCUT2D eigenvalue weighted by molar-refractivity contribution is -0.130. The first-order chi connectivity index (χ1) is 12.2. The van der Waals surface area contributed by atoms with E-state index in [-0.39, 0.29) is 18.1 Å². The largest absolute Gasteiger partial charge is 0.485 e. The molecule has 1 aromatic carbocycles. The molecule has 1 N–H and O–H groups in total. The Balaban J connectivity index is 1.30. The Morgan fingerprint density at radius 1 is 1.28 bits per heavy atom. The minimum atomic E-state index is -0.693. The van der Waals surface area contributed by atoms with Crippen LogP contribution in [0.2, 0.25) is 0 Å². The molecule has 2 heterocycles. The number of benzene rings is 1. The third-order valence-corrected chi connectivity index (χ3v) is 4.35. The van der Waals surface area contributed by atoms with Crippen LogP contribution in [0.5, 0.6) is 11.5 Å². The Kier molecular flexibility index (Phi) is 4.13. The van der Waals surface area contributed by atoms with Crippen molar-refractivity contribution in [2.24, 2.45) is 0 Å². The van der Waals surface area contributed by atoms with Gasteiger partial charge in [-0.3, -0.25) is 14.2 Å². The highest BCUT2D eigenvalue weighted by atomic mass is 16.6. The van der Waals surface area contributed by atoms with Crippen LogP contribution in [0, 0.1) is 0 Å². The molecule has 0 unspecified atom stereocenters. The molecular formula is C18H19N3O4. The maximum Gasteiger partial charge on any atom is 0.264 e. The molecule has 7 nitrogen and oxygen atoms in total. The smallest absolute Gasteiger partial charge is 0.264 e. The fraction of sp³-hybridized carbons (Fsp3) is 0.389. The third-order valence-electron chi connectivity index (χ3n) is 4.35. The summed E-state index contributed by atoms with van der Waals surface area (Å²) in [5.74, 6) is 1.39. The molecule has 130 valence electrons. The second-order valence-electron chi connectivity index (χ2n) is 6.27. The molecule has 1 fully saturated rings. The van der Waals surface area contributed by atoms with Gasteiger partial charge in [0.25, 0.3) is 11.5 Å². The van der Waals surface area contributed by atoms with Gasteiger partial charge in [-0.2, -0.15) is 0 Å². The number of nitrogens with zero attached hydrogens (tertiary/aromatic N) is 2. The first-order valence-corrected chi connectivity index (χ1v) is 8.43. The Morgan fingerprint density at radius 3 is 2.84 bits per heavy atom. The summed E-state index contributed by atoms with van der Waals surface area (Å²) >= 11 is 0. The van der Waals surface area contributed by atoms with Crippen LogP contribution in [0.4, 0.5) is 0 Å². The molecule has 7 heteroatoms. The van der Waals surface area contributed by atoms with E-state index < -0.39 is 6.10 Å². The second-order valence-corrected chi connectivity index (χ2v) is 6.27. The molecule has 2 aliphatic rings. The number of hydrogen-bond donors (Lipinski definition) is 1. The van der Waals surface area contributed by atoms with E-state index in [0.29, 0.717) is 30.5 Å². The van der Waals surface area contributed by atoms with Gasteiger partial charge in [0.15, 0.2) is 11.5 Å².